The summed E-state index contributed by atoms with van der Waals surface area (Å²) in [5.74, 6) is 0.474. The summed E-state index contributed by atoms with van der Waals surface area (Å²) in [6, 6.07) is 5.80. The van der Waals surface area contributed by atoms with Crippen molar-refractivity contribution < 1.29 is 4.79 Å². The second-order valence-corrected chi connectivity index (χ2v) is 5.95. The zero-order valence-corrected chi connectivity index (χ0v) is 13.1. The number of nitrogens with one attached hydrogen (secondary N) is 2. The topological polar surface area (TPSA) is 41.1 Å². The Morgan fingerprint density at radius 2 is 2.06 bits per heavy atom. The lowest BCUT2D eigenvalue weighted by Gasteiger charge is -2.10. The lowest BCUT2D eigenvalue weighted by Crippen LogP contribution is -2.32. The third-order valence-corrected chi connectivity index (χ3v) is 3.26. The second-order valence-electron chi connectivity index (χ2n) is 4.18. The van der Waals surface area contributed by atoms with E-state index in [9.17, 15) is 4.79 Å². The molecule has 17 heavy (non-hydrogen) atoms. The van der Waals surface area contributed by atoms with Gasteiger partial charge < -0.3 is 10.6 Å². The molecule has 0 bridgehead atoms. The Bertz CT molecular complexity index is 394. The van der Waals surface area contributed by atoms with E-state index in [0.29, 0.717) is 12.5 Å². The Morgan fingerprint density at radius 1 is 1.35 bits per heavy atom. The highest BCUT2D eigenvalue weighted by atomic mass is 79.9. The van der Waals surface area contributed by atoms with Crippen LogP contribution >= 0.6 is 31.9 Å². The molecule has 3 nitrogen and oxygen atoms in total. The van der Waals surface area contributed by atoms with E-state index in [1.807, 2.05) is 18.2 Å². The summed E-state index contributed by atoms with van der Waals surface area (Å²) in [6.45, 7) is 5.12. The van der Waals surface area contributed by atoms with Gasteiger partial charge in [-0.2, -0.15) is 0 Å². The quantitative estimate of drug-likeness (QED) is 0.841. The van der Waals surface area contributed by atoms with Crippen molar-refractivity contribution in [3.63, 3.8) is 0 Å². The van der Waals surface area contributed by atoms with Gasteiger partial charge in [0.05, 0.1) is 6.54 Å². The van der Waals surface area contributed by atoms with E-state index in [-0.39, 0.29) is 12.5 Å². The number of halogens is 2. The van der Waals surface area contributed by atoms with Crippen LogP contribution in [0.3, 0.4) is 0 Å². The van der Waals surface area contributed by atoms with Crippen molar-refractivity contribution in [3.8, 4) is 0 Å². The van der Waals surface area contributed by atoms with Crippen molar-refractivity contribution in [1.29, 1.82) is 0 Å². The number of benzene rings is 1. The summed E-state index contributed by atoms with van der Waals surface area (Å²) in [5.41, 5.74) is 0.902. The normalized spacial score (nSPS) is 10.4. The van der Waals surface area contributed by atoms with Gasteiger partial charge in [0, 0.05) is 21.2 Å². The van der Waals surface area contributed by atoms with Crippen LogP contribution in [0.25, 0.3) is 0 Å². The summed E-state index contributed by atoms with van der Waals surface area (Å²) in [4.78, 5) is 11.5. The minimum atomic E-state index is 0.00516. The Kier molecular flexibility index (Phi) is 5.98. The molecule has 0 saturated heterocycles. The summed E-state index contributed by atoms with van der Waals surface area (Å²) in [6.07, 6.45) is 0. The molecular weight excluding hydrogens is 348 g/mol. The molecule has 0 radical (unpaired) electrons. The number of amides is 1. The number of anilines is 1. The van der Waals surface area contributed by atoms with Crippen molar-refractivity contribution in [2.24, 2.45) is 5.92 Å². The van der Waals surface area contributed by atoms with Gasteiger partial charge in [-0.3, -0.25) is 4.79 Å². The molecule has 5 heteroatoms. The highest BCUT2D eigenvalue weighted by Crippen LogP contribution is 2.25. The van der Waals surface area contributed by atoms with Crippen LogP contribution in [0.4, 0.5) is 5.69 Å². The van der Waals surface area contributed by atoms with Crippen LogP contribution in [0.5, 0.6) is 0 Å². The van der Waals surface area contributed by atoms with E-state index in [0.717, 1.165) is 14.6 Å². The molecule has 1 rings (SSSR count). The molecule has 94 valence electrons. The monoisotopic (exact) mass is 362 g/mol. The fourth-order valence-electron chi connectivity index (χ4n) is 1.19. The zero-order valence-electron chi connectivity index (χ0n) is 9.89. The number of carbonyl (C=O) groups excluding carboxylic acids is 1. The Balaban J connectivity index is 2.44. The molecule has 0 spiro atoms. The molecule has 0 fully saturated rings. The summed E-state index contributed by atoms with van der Waals surface area (Å²) >= 11 is 6.82. The van der Waals surface area contributed by atoms with Gasteiger partial charge in [-0.25, -0.2) is 0 Å². The van der Waals surface area contributed by atoms with Crippen molar-refractivity contribution in [3.05, 3.63) is 27.1 Å². The largest absolute Gasteiger partial charge is 0.375 e. The molecule has 0 aliphatic carbocycles. The van der Waals surface area contributed by atoms with Crippen LogP contribution in [0.15, 0.2) is 27.1 Å². The Hall–Kier alpha value is -0.550. The summed E-state index contributed by atoms with van der Waals surface area (Å²) < 4.78 is 1.92. The predicted molar refractivity (Wildman–Crippen MR) is 78.2 cm³/mol. The van der Waals surface area contributed by atoms with Crippen molar-refractivity contribution in [1.82, 2.24) is 5.32 Å². The maximum Gasteiger partial charge on any atom is 0.239 e. The third kappa shape index (κ3) is 5.55. The first-order valence-corrected chi connectivity index (χ1v) is 7.03. The molecule has 0 aromatic heterocycles. The van der Waals surface area contributed by atoms with E-state index >= 15 is 0 Å². The van der Waals surface area contributed by atoms with Gasteiger partial charge in [-0.1, -0.05) is 29.8 Å². The Labute approximate surface area is 119 Å². The number of hydrogen-bond acceptors (Lipinski definition) is 2. The first-order valence-electron chi connectivity index (χ1n) is 5.44. The van der Waals surface area contributed by atoms with Crippen LogP contribution < -0.4 is 10.6 Å². The fourth-order valence-corrected chi connectivity index (χ4v) is 1.94. The third-order valence-electron chi connectivity index (χ3n) is 2.08. The van der Waals surface area contributed by atoms with Crippen molar-refractivity contribution in [2.75, 3.05) is 18.4 Å². The van der Waals surface area contributed by atoms with Gasteiger partial charge in [0.1, 0.15) is 0 Å². The minimum absolute atomic E-state index is 0.00516. The molecule has 1 aromatic rings. The predicted octanol–water partition coefficient (Wildman–Crippen LogP) is 3.40. The molecule has 1 aromatic carbocycles. The SMILES string of the molecule is CC(C)CNC(=O)CNc1cc(Br)ccc1Br. The second kappa shape index (κ2) is 7.01. The van der Waals surface area contributed by atoms with Crippen LogP contribution in [-0.2, 0) is 4.79 Å². The number of hydrogen-bond donors (Lipinski definition) is 2. The van der Waals surface area contributed by atoms with E-state index in [4.69, 9.17) is 0 Å². The maximum atomic E-state index is 11.5. The molecule has 0 unspecified atom stereocenters. The van der Waals surface area contributed by atoms with Crippen LogP contribution in [0.1, 0.15) is 13.8 Å². The lowest BCUT2D eigenvalue weighted by molar-refractivity contribution is -0.119. The van der Waals surface area contributed by atoms with Crippen molar-refractivity contribution in [2.45, 2.75) is 13.8 Å². The van der Waals surface area contributed by atoms with Crippen LogP contribution in [0.2, 0.25) is 0 Å². The Morgan fingerprint density at radius 3 is 2.71 bits per heavy atom. The molecule has 0 aliphatic heterocycles. The molecule has 2 N–H and O–H groups in total. The molecule has 0 aliphatic rings. The average molecular weight is 364 g/mol. The lowest BCUT2D eigenvalue weighted by atomic mass is 10.2. The van der Waals surface area contributed by atoms with E-state index in [2.05, 4.69) is 56.3 Å². The molecule has 0 heterocycles. The fraction of sp³-hybridized carbons (Fsp3) is 0.417. The first-order chi connectivity index (χ1) is 7.99. The highest BCUT2D eigenvalue weighted by Gasteiger charge is 2.04. The molecule has 0 saturated carbocycles. The molecule has 1 amide bonds. The van der Waals surface area contributed by atoms with Gasteiger partial charge in [0.2, 0.25) is 5.91 Å². The number of carbonyl (C=O) groups is 1. The van der Waals surface area contributed by atoms with Gasteiger partial charge in [-0.15, -0.1) is 0 Å². The van der Waals surface area contributed by atoms with Gasteiger partial charge in [-0.05, 0) is 40.0 Å². The molecular formula is C12H16Br2N2O. The smallest absolute Gasteiger partial charge is 0.239 e. The summed E-state index contributed by atoms with van der Waals surface area (Å²) in [5, 5.41) is 5.95. The van der Waals surface area contributed by atoms with E-state index < -0.39 is 0 Å². The minimum Gasteiger partial charge on any atom is -0.375 e. The standard InChI is InChI=1S/C12H16Br2N2O/c1-8(2)6-16-12(17)7-15-11-5-9(13)3-4-10(11)14/h3-5,8,15H,6-7H2,1-2H3,(H,16,17). The van der Waals surface area contributed by atoms with Crippen LogP contribution in [-0.4, -0.2) is 19.0 Å². The van der Waals surface area contributed by atoms with Gasteiger partial charge in [0.25, 0.3) is 0 Å². The van der Waals surface area contributed by atoms with Gasteiger partial charge >= 0.3 is 0 Å². The van der Waals surface area contributed by atoms with Crippen LogP contribution in [0, 0.1) is 5.92 Å². The van der Waals surface area contributed by atoms with E-state index in [1.165, 1.54) is 0 Å². The molecule has 0 atom stereocenters. The van der Waals surface area contributed by atoms with Crippen molar-refractivity contribution >= 4 is 43.5 Å². The van der Waals surface area contributed by atoms with Gasteiger partial charge in [0.15, 0.2) is 0 Å². The number of rotatable bonds is 5. The zero-order chi connectivity index (χ0) is 12.8. The highest BCUT2D eigenvalue weighted by molar-refractivity contribution is 9.11. The first kappa shape index (κ1) is 14.5. The maximum absolute atomic E-state index is 11.5. The average Bonchev–Trinajstić information content (AvgIpc) is 2.27. The van der Waals surface area contributed by atoms with E-state index in [1.54, 1.807) is 0 Å². The summed E-state index contributed by atoms with van der Waals surface area (Å²) in [7, 11) is 0.